The molecular weight excluding hydrogens is 340 g/mol. The van der Waals surface area contributed by atoms with Crippen LogP contribution < -0.4 is 5.32 Å². The van der Waals surface area contributed by atoms with Crippen molar-refractivity contribution in [3.8, 4) is 0 Å². The first kappa shape index (κ1) is 18.2. The Morgan fingerprint density at radius 1 is 1.00 bits per heavy atom. The molecule has 0 atom stereocenters. The fourth-order valence-corrected chi connectivity index (χ4v) is 3.66. The van der Waals surface area contributed by atoms with Crippen LogP contribution in [0.2, 0.25) is 0 Å². The van der Waals surface area contributed by atoms with Crippen molar-refractivity contribution in [3.05, 3.63) is 87.6 Å². The summed E-state index contributed by atoms with van der Waals surface area (Å²) in [4.78, 5) is 16.0. The minimum atomic E-state index is -0.0578. The van der Waals surface area contributed by atoms with Crippen molar-refractivity contribution >= 4 is 23.1 Å². The van der Waals surface area contributed by atoms with Crippen LogP contribution in [0.15, 0.2) is 66.0 Å². The van der Waals surface area contributed by atoms with Crippen LogP contribution in [0.25, 0.3) is 0 Å². The van der Waals surface area contributed by atoms with Crippen LogP contribution >= 0.6 is 11.3 Å². The van der Waals surface area contributed by atoms with E-state index in [9.17, 15) is 4.79 Å². The van der Waals surface area contributed by atoms with Gasteiger partial charge in [-0.05, 0) is 55.0 Å². The molecule has 0 aliphatic carbocycles. The van der Waals surface area contributed by atoms with Crippen LogP contribution in [0, 0.1) is 13.8 Å². The molecule has 0 radical (unpaired) electrons. The number of carbonyl (C=O) groups is 1. The van der Waals surface area contributed by atoms with Gasteiger partial charge in [-0.3, -0.25) is 0 Å². The molecule has 0 saturated heterocycles. The van der Waals surface area contributed by atoms with Gasteiger partial charge in [-0.25, -0.2) is 4.79 Å². The van der Waals surface area contributed by atoms with Crippen LogP contribution in [0.5, 0.6) is 0 Å². The molecule has 1 N–H and O–H groups in total. The van der Waals surface area contributed by atoms with E-state index in [4.69, 9.17) is 0 Å². The number of carbonyl (C=O) groups excluding carboxylic acids is 1. The van der Waals surface area contributed by atoms with Gasteiger partial charge < -0.3 is 10.2 Å². The van der Waals surface area contributed by atoms with Gasteiger partial charge >= 0.3 is 6.03 Å². The van der Waals surface area contributed by atoms with E-state index in [1.165, 1.54) is 21.6 Å². The highest BCUT2D eigenvalue weighted by Crippen LogP contribution is 2.19. The Balaban J connectivity index is 1.71. The maximum absolute atomic E-state index is 12.9. The van der Waals surface area contributed by atoms with E-state index in [2.05, 4.69) is 35.8 Å². The van der Waals surface area contributed by atoms with Gasteiger partial charge in [-0.1, -0.05) is 48.0 Å². The summed E-state index contributed by atoms with van der Waals surface area (Å²) in [6, 6.07) is 20.2. The molecule has 0 bridgehead atoms. The lowest BCUT2D eigenvalue weighted by Crippen LogP contribution is -2.36. The quantitative estimate of drug-likeness (QED) is 0.603. The van der Waals surface area contributed by atoms with E-state index in [0.717, 1.165) is 12.1 Å². The summed E-state index contributed by atoms with van der Waals surface area (Å²) < 4.78 is 0. The first-order valence-corrected chi connectivity index (χ1v) is 9.69. The lowest BCUT2D eigenvalue weighted by atomic mass is 10.1. The molecule has 26 heavy (non-hydrogen) atoms. The Morgan fingerprint density at radius 3 is 2.38 bits per heavy atom. The highest BCUT2D eigenvalue weighted by molar-refractivity contribution is 7.10. The summed E-state index contributed by atoms with van der Waals surface area (Å²) in [6.45, 7) is 5.45. The second-order valence-corrected chi connectivity index (χ2v) is 7.48. The SMILES string of the molecule is Cc1ccc(NC(=O)N(CCc2ccccc2)Cc2sccc2C)cc1. The largest absolute Gasteiger partial charge is 0.322 e. The fraction of sp³-hybridized carbons (Fsp3) is 0.227. The fourth-order valence-electron chi connectivity index (χ4n) is 2.74. The number of rotatable bonds is 6. The number of anilines is 1. The van der Waals surface area contributed by atoms with Crippen LogP contribution in [0.1, 0.15) is 21.6 Å². The first-order valence-electron chi connectivity index (χ1n) is 8.81. The number of benzene rings is 2. The van der Waals surface area contributed by atoms with Gasteiger partial charge in [0.15, 0.2) is 0 Å². The molecule has 0 saturated carbocycles. The third-order valence-electron chi connectivity index (χ3n) is 4.41. The van der Waals surface area contributed by atoms with Crippen molar-refractivity contribution in [2.45, 2.75) is 26.8 Å². The third kappa shape index (κ3) is 4.96. The molecule has 1 aromatic heterocycles. The summed E-state index contributed by atoms with van der Waals surface area (Å²) in [6.07, 6.45) is 0.840. The summed E-state index contributed by atoms with van der Waals surface area (Å²) in [5, 5.41) is 5.11. The molecule has 0 aliphatic rings. The predicted octanol–water partition coefficient (Wildman–Crippen LogP) is 5.64. The molecular formula is C22H24N2OS. The molecule has 0 aliphatic heterocycles. The van der Waals surface area contributed by atoms with Crippen molar-refractivity contribution < 1.29 is 4.79 Å². The molecule has 0 fully saturated rings. The second-order valence-electron chi connectivity index (χ2n) is 6.48. The van der Waals surface area contributed by atoms with Gasteiger partial charge in [0.2, 0.25) is 0 Å². The minimum absolute atomic E-state index is 0.0578. The van der Waals surface area contributed by atoms with Crippen molar-refractivity contribution in [1.82, 2.24) is 4.90 Å². The van der Waals surface area contributed by atoms with E-state index in [1.807, 2.05) is 54.3 Å². The highest BCUT2D eigenvalue weighted by atomic mass is 32.1. The average molecular weight is 365 g/mol. The zero-order valence-corrected chi connectivity index (χ0v) is 16.1. The topological polar surface area (TPSA) is 32.3 Å². The van der Waals surface area contributed by atoms with Crippen LogP contribution in [0.4, 0.5) is 10.5 Å². The maximum atomic E-state index is 12.9. The Hall–Kier alpha value is -2.59. The Morgan fingerprint density at radius 2 is 1.73 bits per heavy atom. The van der Waals surface area contributed by atoms with Gasteiger partial charge in [0.05, 0.1) is 6.54 Å². The number of aryl methyl sites for hydroxylation is 2. The number of hydrogen-bond acceptors (Lipinski definition) is 2. The van der Waals surface area contributed by atoms with Crippen molar-refractivity contribution in [3.63, 3.8) is 0 Å². The summed E-state index contributed by atoms with van der Waals surface area (Å²) in [5.41, 5.74) is 4.48. The number of thiophene rings is 1. The smallest absolute Gasteiger partial charge is 0.319 e. The number of urea groups is 1. The molecule has 0 spiro atoms. The summed E-state index contributed by atoms with van der Waals surface area (Å²) >= 11 is 1.70. The minimum Gasteiger partial charge on any atom is -0.319 e. The molecule has 4 heteroatoms. The number of nitrogens with zero attached hydrogens (tertiary/aromatic N) is 1. The van der Waals surface area contributed by atoms with E-state index in [1.54, 1.807) is 11.3 Å². The molecule has 3 nitrogen and oxygen atoms in total. The lowest BCUT2D eigenvalue weighted by molar-refractivity contribution is 0.210. The maximum Gasteiger partial charge on any atom is 0.322 e. The summed E-state index contributed by atoms with van der Waals surface area (Å²) in [5.74, 6) is 0. The van der Waals surface area contributed by atoms with E-state index < -0.39 is 0 Å². The lowest BCUT2D eigenvalue weighted by Gasteiger charge is -2.23. The zero-order valence-electron chi connectivity index (χ0n) is 15.2. The summed E-state index contributed by atoms with van der Waals surface area (Å²) in [7, 11) is 0. The molecule has 0 unspecified atom stereocenters. The van der Waals surface area contributed by atoms with Crippen LogP contribution in [-0.4, -0.2) is 17.5 Å². The van der Waals surface area contributed by atoms with Gasteiger partial charge in [-0.15, -0.1) is 11.3 Å². The zero-order chi connectivity index (χ0) is 18.4. The molecule has 3 aromatic rings. The van der Waals surface area contributed by atoms with Gasteiger partial charge in [0.1, 0.15) is 0 Å². The van der Waals surface area contributed by atoms with Gasteiger partial charge in [0.25, 0.3) is 0 Å². The van der Waals surface area contributed by atoms with E-state index in [-0.39, 0.29) is 6.03 Å². The normalized spacial score (nSPS) is 10.5. The van der Waals surface area contributed by atoms with E-state index >= 15 is 0 Å². The standard InChI is InChI=1S/C22H24N2OS/c1-17-8-10-20(11-9-17)23-22(25)24(16-21-18(2)13-15-26-21)14-12-19-6-4-3-5-7-19/h3-11,13,15H,12,14,16H2,1-2H3,(H,23,25). The van der Waals surface area contributed by atoms with E-state index in [0.29, 0.717) is 13.1 Å². The Kier molecular flexibility index (Phi) is 6.08. The van der Waals surface area contributed by atoms with Crippen molar-refractivity contribution in [2.75, 3.05) is 11.9 Å². The number of nitrogens with one attached hydrogen (secondary N) is 1. The van der Waals surface area contributed by atoms with Crippen molar-refractivity contribution in [2.24, 2.45) is 0 Å². The second kappa shape index (κ2) is 8.68. The predicted molar refractivity (Wildman–Crippen MR) is 110 cm³/mol. The molecule has 3 rings (SSSR count). The average Bonchev–Trinajstić information content (AvgIpc) is 3.06. The number of amides is 2. The van der Waals surface area contributed by atoms with Crippen LogP contribution in [-0.2, 0) is 13.0 Å². The highest BCUT2D eigenvalue weighted by Gasteiger charge is 2.16. The molecule has 1 heterocycles. The Bertz CT molecular complexity index is 840. The van der Waals surface area contributed by atoms with Crippen LogP contribution in [0.3, 0.4) is 0 Å². The first-order chi connectivity index (χ1) is 12.6. The third-order valence-corrected chi connectivity index (χ3v) is 5.41. The molecule has 134 valence electrons. The van der Waals surface area contributed by atoms with Gasteiger partial charge in [0, 0.05) is 17.1 Å². The van der Waals surface area contributed by atoms with Crippen molar-refractivity contribution in [1.29, 1.82) is 0 Å². The monoisotopic (exact) mass is 364 g/mol. The molecule has 2 aromatic carbocycles. The molecule has 2 amide bonds. The Labute approximate surface area is 159 Å². The number of hydrogen-bond donors (Lipinski definition) is 1. The van der Waals surface area contributed by atoms with Gasteiger partial charge in [-0.2, -0.15) is 0 Å².